The Labute approximate surface area is 180 Å². The predicted molar refractivity (Wildman–Crippen MR) is 111 cm³/mol. The Bertz CT molecular complexity index is 1040. The zero-order chi connectivity index (χ0) is 21.6. The number of rotatable bonds is 4. The molecule has 0 unspecified atom stereocenters. The molecule has 2 aromatic carbocycles. The first kappa shape index (κ1) is 19.8. The Balaban J connectivity index is 1.30. The summed E-state index contributed by atoms with van der Waals surface area (Å²) in [6, 6.07) is 11.4. The lowest BCUT2D eigenvalue weighted by Gasteiger charge is -2.55. The van der Waals surface area contributed by atoms with E-state index in [1.54, 1.807) is 37.4 Å². The van der Waals surface area contributed by atoms with Gasteiger partial charge in [0.15, 0.2) is 5.72 Å². The Morgan fingerprint density at radius 2 is 2.16 bits per heavy atom. The van der Waals surface area contributed by atoms with Crippen LogP contribution in [-0.4, -0.2) is 24.6 Å². The van der Waals surface area contributed by atoms with Gasteiger partial charge in [-0.05, 0) is 55.0 Å². The van der Waals surface area contributed by atoms with Crippen LogP contribution in [0, 0.1) is 23.6 Å². The number of methoxy groups -OCH3 is 1. The topological polar surface area (TPSA) is 76.7 Å². The van der Waals surface area contributed by atoms with E-state index >= 15 is 0 Å². The van der Waals surface area contributed by atoms with Crippen LogP contribution in [0.1, 0.15) is 41.6 Å². The van der Waals surface area contributed by atoms with Crippen molar-refractivity contribution in [1.29, 1.82) is 0 Å². The highest BCUT2D eigenvalue weighted by molar-refractivity contribution is 5.98. The van der Waals surface area contributed by atoms with Gasteiger partial charge in [-0.25, -0.2) is 4.39 Å². The average molecular weight is 424 g/mol. The molecule has 2 N–H and O–H groups in total. The molecule has 2 aromatic rings. The molecule has 0 radical (unpaired) electrons. The number of fused-ring (bicyclic) bond motifs is 3. The first-order valence-electron chi connectivity index (χ1n) is 10.7. The third-order valence-corrected chi connectivity index (χ3v) is 6.96. The van der Waals surface area contributed by atoms with Gasteiger partial charge >= 0.3 is 0 Å². The smallest absolute Gasteiger partial charge is 0.258 e. The van der Waals surface area contributed by atoms with Crippen molar-refractivity contribution in [2.24, 2.45) is 17.8 Å². The van der Waals surface area contributed by atoms with Gasteiger partial charge in [0.25, 0.3) is 5.91 Å². The molecule has 3 saturated carbocycles. The van der Waals surface area contributed by atoms with Gasteiger partial charge in [-0.15, -0.1) is 0 Å². The first-order valence-corrected chi connectivity index (χ1v) is 10.7. The minimum absolute atomic E-state index is 0.0157. The summed E-state index contributed by atoms with van der Waals surface area (Å²) >= 11 is 0. The van der Waals surface area contributed by atoms with Crippen LogP contribution in [0.3, 0.4) is 0 Å². The fourth-order valence-corrected chi connectivity index (χ4v) is 5.41. The van der Waals surface area contributed by atoms with E-state index in [4.69, 9.17) is 9.47 Å². The molecule has 6 nitrogen and oxygen atoms in total. The summed E-state index contributed by atoms with van der Waals surface area (Å²) in [5.74, 6) is 0.719. The van der Waals surface area contributed by atoms with E-state index in [0.717, 1.165) is 18.4 Å². The Hall–Kier alpha value is -3.09. The molecule has 2 amide bonds. The number of carbonyl (C=O) groups excluding carboxylic acids is 2. The largest absolute Gasteiger partial charge is 0.497 e. The van der Waals surface area contributed by atoms with Crippen molar-refractivity contribution < 1.29 is 23.5 Å². The molecule has 0 saturated heterocycles. The highest BCUT2D eigenvalue weighted by atomic mass is 19.1. The summed E-state index contributed by atoms with van der Waals surface area (Å²) in [5.41, 5.74) is 0.454. The van der Waals surface area contributed by atoms with Crippen molar-refractivity contribution in [3.63, 3.8) is 0 Å². The summed E-state index contributed by atoms with van der Waals surface area (Å²) in [5, 5.41) is 6.07. The van der Waals surface area contributed by atoms with E-state index in [0.29, 0.717) is 36.4 Å². The fraction of sp³-hybridized carbons (Fsp3) is 0.417. The summed E-state index contributed by atoms with van der Waals surface area (Å²) in [6.07, 6.45) is 3.07. The SMILES string of the molecule is COc1ccc2c(c1)O[C@]1(C[C@@H]3CC[C@@H]1C[C@@H]3C(=O)NCc1cccc(F)c1)NC2=O. The summed E-state index contributed by atoms with van der Waals surface area (Å²) in [7, 11) is 1.58. The van der Waals surface area contributed by atoms with Gasteiger partial charge in [-0.2, -0.15) is 0 Å². The molecular weight excluding hydrogens is 399 g/mol. The molecule has 31 heavy (non-hydrogen) atoms. The summed E-state index contributed by atoms with van der Waals surface area (Å²) in [4.78, 5) is 25.7. The number of ether oxygens (including phenoxy) is 2. The number of benzene rings is 2. The highest BCUT2D eigenvalue weighted by Crippen LogP contribution is 2.52. The Kier molecular flexibility index (Phi) is 4.84. The molecule has 3 fully saturated rings. The monoisotopic (exact) mass is 424 g/mol. The van der Waals surface area contributed by atoms with Gasteiger partial charge in [-0.3, -0.25) is 9.59 Å². The van der Waals surface area contributed by atoms with Crippen molar-refractivity contribution in [3.05, 3.63) is 59.4 Å². The molecule has 162 valence electrons. The van der Waals surface area contributed by atoms with E-state index < -0.39 is 5.72 Å². The maximum atomic E-state index is 13.4. The molecule has 7 heteroatoms. The lowest BCUT2D eigenvalue weighted by molar-refractivity contribution is -0.146. The van der Waals surface area contributed by atoms with Crippen LogP contribution in [-0.2, 0) is 11.3 Å². The Morgan fingerprint density at radius 3 is 2.90 bits per heavy atom. The van der Waals surface area contributed by atoms with Crippen LogP contribution < -0.4 is 20.1 Å². The number of amides is 2. The van der Waals surface area contributed by atoms with Crippen molar-refractivity contribution in [2.75, 3.05) is 7.11 Å². The lowest BCUT2D eigenvalue weighted by Crippen LogP contribution is -2.66. The van der Waals surface area contributed by atoms with E-state index in [-0.39, 0.29) is 35.4 Å². The number of carbonyl (C=O) groups is 2. The van der Waals surface area contributed by atoms with Crippen LogP contribution in [0.2, 0.25) is 0 Å². The molecule has 0 aromatic heterocycles. The second kappa shape index (κ2) is 7.55. The first-order chi connectivity index (χ1) is 15.0. The molecule has 3 aliphatic carbocycles. The van der Waals surface area contributed by atoms with Crippen molar-refractivity contribution in [2.45, 2.75) is 38.0 Å². The molecule has 4 atom stereocenters. The third kappa shape index (κ3) is 3.52. The van der Waals surface area contributed by atoms with Gasteiger partial charge in [0.05, 0.1) is 12.7 Å². The van der Waals surface area contributed by atoms with Crippen LogP contribution in [0.5, 0.6) is 11.5 Å². The normalized spacial score (nSPS) is 28.5. The van der Waals surface area contributed by atoms with Crippen molar-refractivity contribution in [3.8, 4) is 11.5 Å². The van der Waals surface area contributed by atoms with Gasteiger partial charge < -0.3 is 20.1 Å². The number of halogens is 1. The maximum Gasteiger partial charge on any atom is 0.258 e. The number of hydrogen-bond acceptors (Lipinski definition) is 4. The lowest BCUT2D eigenvalue weighted by atomic mass is 9.60. The van der Waals surface area contributed by atoms with Crippen molar-refractivity contribution in [1.82, 2.24) is 10.6 Å². The Morgan fingerprint density at radius 1 is 1.29 bits per heavy atom. The summed E-state index contributed by atoms with van der Waals surface area (Å²) < 4.78 is 25.1. The number of nitrogens with one attached hydrogen (secondary N) is 2. The van der Waals surface area contributed by atoms with Gasteiger partial charge in [0.2, 0.25) is 5.91 Å². The van der Waals surface area contributed by atoms with E-state index in [1.165, 1.54) is 12.1 Å². The minimum atomic E-state index is -0.779. The molecule has 4 aliphatic rings. The van der Waals surface area contributed by atoms with Gasteiger partial charge in [0, 0.05) is 30.9 Å². The highest BCUT2D eigenvalue weighted by Gasteiger charge is 2.57. The second-order valence-electron chi connectivity index (χ2n) is 8.74. The van der Waals surface area contributed by atoms with E-state index in [9.17, 15) is 14.0 Å². The molecule has 1 heterocycles. The third-order valence-electron chi connectivity index (χ3n) is 6.96. The standard InChI is InChI=1S/C24H25FN2O4/c1-30-18-7-8-19-21(11-18)31-24(27-23(19)29)12-15-5-6-16(24)10-20(15)22(28)26-13-14-3-2-4-17(25)9-14/h2-4,7-9,11,15-16,20H,5-6,10,12-13H2,1H3,(H,26,28)(H,27,29)/t15-,16+,20-,24-/m0/s1. The van der Waals surface area contributed by atoms with E-state index in [1.807, 2.05) is 0 Å². The van der Waals surface area contributed by atoms with E-state index in [2.05, 4.69) is 10.6 Å². The van der Waals surface area contributed by atoms with Crippen LogP contribution in [0.15, 0.2) is 42.5 Å². The zero-order valence-electron chi connectivity index (χ0n) is 17.3. The molecule has 2 bridgehead atoms. The van der Waals surface area contributed by atoms with Crippen LogP contribution >= 0.6 is 0 Å². The fourth-order valence-electron chi connectivity index (χ4n) is 5.41. The molecule has 1 aliphatic heterocycles. The van der Waals surface area contributed by atoms with Crippen LogP contribution in [0.4, 0.5) is 4.39 Å². The summed E-state index contributed by atoms with van der Waals surface area (Å²) in [6.45, 7) is 0.302. The maximum absolute atomic E-state index is 13.4. The predicted octanol–water partition coefficient (Wildman–Crippen LogP) is 3.41. The number of hydrogen-bond donors (Lipinski definition) is 2. The molecule has 6 rings (SSSR count). The van der Waals surface area contributed by atoms with Crippen molar-refractivity contribution >= 4 is 11.8 Å². The average Bonchev–Trinajstić information content (AvgIpc) is 2.77. The zero-order valence-corrected chi connectivity index (χ0v) is 17.3. The molecule has 1 spiro atoms. The van der Waals surface area contributed by atoms with Crippen LogP contribution in [0.25, 0.3) is 0 Å². The van der Waals surface area contributed by atoms with Gasteiger partial charge in [0.1, 0.15) is 17.3 Å². The quantitative estimate of drug-likeness (QED) is 0.789. The second-order valence-corrected chi connectivity index (χ2v) is 8.74. The molecular formula is C24H25FN2O4. The van der Waals surface area contributed by atoms with Gasteiger partial charge in [-0.1, -0.05) is 12.1 Å². The minimum Gasteiger partial charge on any atom is -0.497 e.